The highest BCUT2D eigenvalue weighted by atomic mass is 35.7. The largest absolute Gasteiger partial charge is 0.362 e. The molecule has 0 saturated carbocycles. The minimum absolute atomic E-state index is 0.0176. The second-order valence-corrected chi connectivity index (χ2v) is 4.97. The van der Waals surface area contributed by atoms with Crippen LogP contribution in [-0.2, 0) is 20.5 Å². The van der Waals surface area contributed by atoms with Crippen molar-refractivity contribution in [3.05, 3.63) is 11.8 Å². The highest BCUT2D eigenvalue weighted by Gasteiger charge is 2.19. The zero-order valence-electron chi connectivity index (χ0n) is 7.19. The second kappa shape index (κ2) is 3.65. The topological polar surface area (TPSA) is 61.2 Å². The first-order valence-electron chi connectivity index (χ1n) is 3.43. The van der Waals surface area contributed by atoms with Crippen LogP contribution in [0.5, 0.6) is 0 Å². The van der Waals surface area contributed by atoms with Crippen molar-refractivity contribution in [2.24, 2.45) is 0 Å². The Kier molecular flexibility index (Phi) is 2.94. The maximum absolute atomic E-state index is 11.1. The number of hydrogen-bond acceptors (Lipinski definition) is 4. The van der Waals surface area contributed by atoms with Crippen LogP contribution < -0.4 is 0 Å². The van der Waals surface area contributed by atoms with Gasteiger partial charge in [-0.05, 0) is 6.92 Å². The van der Waals surface area contributed by atoms with E-state index < -0.39 is 9.05 Å². The normalized spacial score (nSPS) is 11.9. The van der Waals surface area contributed by atoms with Gasteiger partial charge >= 0.3 is 0 Å². The molecule has 0 N–H and O–H groups in total. The Labute approximate surface area is 80.7 Å². The summed E-state index contributed by atoms with van der Waals surface area (Å²) in [5, 5.41) is 3.78. The van der Waals surface area contributed by atoms with Gasteiger partial charge in [0.1, 0.15) is 6.73 Å². The van der Waals surface area contributed by atoms with E-state index in [0.717, 1.165) is 0 Å². The lowest BCUT2D eigenvalue weighted by Gasteiger charge is -2.03. The van der Waals surface area contributed by atoms with Gasteiger partial charge in [0, 0.05) is 23.4 Å². The molecule has 0 aliphatic heterocycles. The van der Waals surface area contributed by atoms with Gasteiger partial charge in [-0.2, -0.15) is 5.10 Å². The molecule has 0 amide bonds. The van der Waals surface area contributed by atoms with E-state index in [0.29, 0.717) is 5.56 Å². The maximum Gasteiger partial charge on any atom is 0.278 e. The van der Waals surface area contributed by atoms with Crippen LogP contribution in [0.4, 0.5) is 0 Å². The van der Waals surface area contributed by atoms with Crippen molar-refractivity contribution in [3.8, 4) is 0 Å². The van der Waals surface area contributed by atoms with Gasteiger partial charge in [-0.3, -0.25) is 0 Å². The van der Waals surface area contributed by atoms with E-state index in [1.807, 2.05) is 0 Å². The summed E-state index contributed by atoms with van der Waals surface area (Å²) >= 11 is 0. The van der Waals surface area contributed by atoms with Crippen LogP contribution >= 0.6 is 10.7 Å². The van der Waals surface area contributed by atoms with Crippen molar-refractivity contribution in [2.45, 2.75) is 18.7 Å². The Bertz CT molecular complexity index is 398. The molecule has 0 aromatic carbocycles. The second-order valence-electron chi connectivity index (χ2n) is 2.49. The van der Waals surface area contributed by atoms with Gasteiger partial charge < -0.3 is 4.74 Å². The fourth-order valence-electron chi connectivity index (χ4n) is 1.000. The zero-order valence-corrected chi connectivity index (χ0v) is 8.76. The lowest BCUT2D eigenvalue weighted by molar-refractivity contribution is 0.113. The van der Waals surface area contributed by atoms with Gasteiger partial charge in [-0.1, -0.05) is 0 Å². The first kappa shape index (κ1) is 10.5. The van der Waals surface area contributed by atoms with Crippen LogP contribution in [0.1, 0.15) is 5.56 Å². The van der Waals surface area contributed by atoms with E-state index in [4.69, 9.17) is 15.4 Å². The number of nitrogens with zero attached hydrogens (tertiary/aromatic N) is 2. The monoisotopic (exact) mass is 224 g/mol. The molecule has 74 valence electrons. The molecule has 1 rings (SSSR count). The van der Waals surface area contributed by atoms with E-state index in [-0.39, 0.29) is 11.8 Å². The third-order valence-electron chi connectivity index (χ3n) is 1.44. The number of aromatic nitrogens is 2. The molecule has 1 heterocycles. The minimum Gasteiger partial charge on any atom is -0.362 e. The summed E-state index contributed by atoms with van der Waals surface area (Å²) < 4.78 is 28.1. The molecule has 0 spiro atoms. The lowest BCUT2D eigenvalue weighted by atomic mass is 10.4. The molecule has 13 heavy (non-hydrogen) atoms. The molecule has 0 aliphatic carbocycles. The van der Waals surface area contributed by atoms with Crippen LogP contribution in [0.15, 0.2) is 11.2 Å². The number of hydrogen-bond donors (Lipinski definition) is 0. The summed E-state index contributed by atoms with van der Waals surface area (Å²) in [7, 11) is 2.90. The summed E-state index contributed by atoms with van der Waals surface area (Å²) in [5.74, 6) is 0. The third-order valence-corrected chi connectivity index (χ3v) is 2.88. The Morgan fingerprint density at radius 3 is 2.77 bits per heavy atom. The Balaban J connectivity index is 3.25. The summed E-state index contributed by atoms with van der Waals surface area (Å²) in [6.45, 7) is 1.68. The molecule has 0 unspecified atom stereocenters. The van der Waals surface area contributed by atoms with Crippen molar-refractivity contribution in [3.63, 3.8) is 0 Å². The number of methoxy groups -OCH3 is 1. The number of ether oxygens (including phenoxy) is 1. The Hall–Kier alpha value is -0.590. The van der Waals surface area contributed by atoms with E-state index in [1.165, 1.54) is 18.0 Å². The van der Waals surface area contributed by atoms with E-state index >= 15 is 0 Å². The molecule has 1 aromatic rings. The van der Waals surface area contributed by atoms with Gasteiger partial charge in [0.05, 0.1) is 6.20 Å². The molecule has 0 bridgehead atoms. The smallest absolute Gasteiger partial charge is 0.278 e. The average molecular weight is 225 g/mol. The van der Waals surface area contributed by atoms with Gasteiger partial charge in [-0.15, -0.1) is 0 Å². The molecular formula is C6H9ClN2O3S. The predicted molar refractivity (Wildman–Crippen MR) is 47.0 cm³/mol. The van der Waals surface area contributed by atoms with Gasteiger partial charge in [-0.25, -0.2) is 13.1 Å². The molecule has 0 saturated heterocycles. The summed E-state index contributed by atoms with van der Waals surface area (Å²) in [5.41, 5.74) is 0.507. The molecule has 0 radical (unpaired) electrons. The first-order valence-corrected chi connectivity index (χ1v) is 5.73. The highest BCUT2D eigenvalue weighted by Crippen LogP contribution is 2.18. The zero-order chi connectivity index (χ0) is 10.1. The van der Waals surface area contributed by atoms with E-state index in [2.05, 4.69) is 5.10 Å². The van der Waals surface area contributed by atoms with Crippen molar-refractivity contribution in [1.29, 1.82) is 0 Å². The van der Waals surface area contributed by atoms with E-state index in [1.54, 1.807) is 6.92 Å². The number of halogens is 1. The minimum atomic E-state index is -3.75. The highest BCUT2D eigenvalue weighted by molar-refractivity contribution is 8.13. The summed E-state index contributed by atoms with van der Waals surface area (Å²) in [6, 6.07) is 0. The van der Waals surface area contributed by atoms with Crippen molar-refractivity contribution >= 4 is 19.7 Å². The fraction of sp³-hybridized carbons (Fsp3) is 0.500. The summed E-state index contributed by atoms with van der Waals surface area (Å²) in [6.07, 6.45) is 1.42. The summed E-state index contributed by atoms with van der Waals surface area (Å²) in [4.78, 5) is 0. The number of aryl methyl sites for hydroxylation is 1. The Morgan fingerprint density at radius 2 is 2.31 bits per heavy atom. The molecule has 1 aromatic heterocycles. The van der Waals surface area contributed by atoms with Gasteiger partial charge in [0.15, 0.2) is 5.03 Å². The molecule has 7 heteroatoms. The van der Waals surface area contributed by atoms with Gasteiger partial charge in [0.25, 0.3) is 9.05 Å². The van der Waals surface area contributed by atoms with Crippen LogP contribution in [0.2, 0.25) is 0 Å². The third kappa shape index (κ3) is 2.20. The molecular weight excluding hydrogens is 216 g/mol. The molecule has 0 atom stereocenters. The van der Waals surface area contributed by atoms with Crippen molar-refractivity contribution in [1.82, 2.24) is 9.78 Å². The van der Waals surface area contributed by atoms with Crippen LogP contribution in [0, 0.1) is 6.92 Å². The van der Waals surface area contributed by atoms with Gasteiger partial charge in [0.2, 0.25) is 0 Å². The molecule has 0 aliphatic rings. The SMILES string of the molecule is COCn1ncc(C)c1S(=O)(=O)Cl. The van der Waals surface area contributed by atoms with Crippen LogP contribution in [-0.4, -0.2) is 25.3 Å². The lowest BCUT2D eigenvalue weighted by Crippen LogP contribution is -2.09. The molecule has 5 nitrogen and oxygen atoms in total. The van der Waals surface area contributed by atoms with Crippen LogP contribution in [0.3, 0.4) is 0 Å². The Morgan fingerprint density at radius 1 is 1.69 bits per heavy atom. The van der Waals surface area contributed by atoms with E-state index in [9.17, 15) is 8.42 Å². The standard InChI is InChI=1S/C6H9ClN2O3S/c1-5-3-8-9(4-12-2)6(5)13(7,10)11/h3H,4H2,1-2H3. The average Bonchev–Trinajstić information content (AvgIpc) is 2.31. The quantitative estimate of drug-likeness (QED) is 0.710. The molecule has 0 fully saturated rings. The van der Waals surface area contributed by atoms with Crippen LogP contribution in [0.25, 0.3) is 0 Å². The number of rotatable bonds is 3. The van der Waals surface area contributed by atoms with Crippen molar-refractivity contribution < 1.29 is 13.2 Å². The first-order chi connectivity index (χ1) is 5.96. The fourth-order valence-corrected chi connectivity index (χ4v) is 2.39. The van der Waals surface area contributed by atoms with Crippen molar-refractivity contribution in [2.75, 3.05) is 7.11 Å². The predicted octanol–water partition coefficient (Wildman–Crippen LogP) is 0.723. The maximum atomic E-state index is 11.1.